The zero-order chi connectivity index (χ0) is 22.1. The summed E-state index contributed by atoms with van der Waals surface area (Å²) < 4.78 is 13.4. The first-order chi connectivity index (χ1) is 14.2. The standard InChI is InChI=1S/C22H28ClFN4O2/c1-3-6-22(30)10-13-7-12(8-14(13)11-22)19(25)18(20(26)27-2)21(29)28-15-4-5-17(24)16(23)9-15/h3-5,9,12-14,30H,1,6-8,10-11,25H2,2H3,(H2,26,27)(H,28,29)/b19-18+. The Morgan fingerprint density at radius 2 is 2.03 bits per heavy atom. The van der Waals surface area contributed by atoms with Gasteiger partial charge in [-0.25, -0.2) is 4.39 Å². The van der Waals surface area contributed by atoms with E-state index in [0.717, 1.165) is 12.8 Å². The van der Waals surface area contributed by atoms with Crippen LogP contribution in [0, 0.1) is 23.6 Å². The summed E-state index contributed by atoms with van der Waals surface area (Å²) in [5, 5.41) is 13.3. The van der Waals surface area contributed by atoms with Crippen molar-refractivity contribution in [1.29, 1.82) is 0 Å². The van der Waals surface area contributed by atoms with Crippen molar-refractivity contribution in [2.75, 3.05) is 12.4 Å². The fourth-order valence-electron chi connectivity index (χ4n) is 4.94. The lowest BCUT2D eigenvalue weighted by molar-refractivity contribution is -0.112. The van der Waals surface area contributed by atoms with Crippen molar-refractivity contribution in [1.82, 2.24) is 0 Å². The molecule has 2 unspecified atom stereocenters. The van der Waals surface area contributed by atoms with E-state index in [-0.39, 0.29) is 22.3 Å². The highest BCUT2D eigenvalue weighted by atomic mass is 35.5. The Morgan fingerprint density at radius 1 is 1.40 bits per heavy atom. The second-order valence-electron chi connectivity index (χ2n) is 8.34. The summed E-state index contributed by atoms with van der Waals surface area (Å²) in [5.41, 5.74) is 12.6. The van der Waals surface area contributed by atoms with Gasteiger partial charge in [0.15, 0.2) is 0 Å². The molecule has 2 aliphatic rings. The van der Waals surface area contributed by atoms with Crippen LogP contribution in [-0.2, 0) is 4.79 Å². The Labute approximate surface area is 180 Å². The van der Waals surface area contributed by atoms with Gasteiger partial charge in [0.1, 0.15) is 17.2 Å². The van der Waals surface area contributed by atoms with E-state index in [1.807, 2.05) is 0 Å². The normalized spacial score (nSPS) is 29.3. The molecule has 0 heterocycles. The molecule has 6 N–H and O–H groups in total. The number of anilines is 1. The van der Waals surface area contributed by atoms with Crippen LogP contribution in [0.5, 0.6) is 0 Å². The summed E-state index contributed by atoms with van der Waals surface area (Å²) in [6.45, 7) is 3.73. The average Bonchev–Trinajstić information content (AvgIpc) is 3.19. The second kappa shape index (κ2) is 8.78. The number of carbonyl (C=O) groups is 1. The van der Waals surface area contributed by atoms with Crippen molar-refractivity contribution in [3.63, 3.8) is 0 Å². The summed E-state index contributed by atoms with van der Waals surface area (Å²) in [6, 6.07) is 3.90. The number of aliphatic hydroxyl groups is 1. The summed E-state index contributed by atoms with van der Waals surface area (Å²) >= 11 is 5.79. The Balaban J connectivity index is 1.80. The minimum atomic E-state index is -0.688. The summed E-state index contributed by atoms with van der Waals surface area (Å²) in [6.07, 6.45) is 5.33. The van der Waals surface area contributed by atoms with E-state index in [1.54, 1.807) is 6.08 Å². The predicted octanol–water partition coefficient (Wildman–Crippen LogP) is 3.36. The third kappa shape index (κ3) is 4.52. The number of nitrogens with two attached hydrogens (primary N) is 2. The van der Waals surface area contributed by atoms with Crippen LogP contribution in [0.25, 0.3) is 0 Å². The quantitative estimate of drug-likeness (QED) is 0.238. The van der Waals surface area contributed by atoms with E-state index >= 15 is 0 Å². The molecule has 0 aromatic heterocycles. The molecule has 1 aromatic rings. The zero-order valence-corrected chi connectivity index (χ0v) is 17.8. The molecule has 3 rings (SSSR count). The van der Waals surface area contributed by atoms with Gasteiger partial charge in [0, 0.05) is 18.4 Å². The maximum Gasteiger partial charge on any atom is 0.261 e. The molecule has 0 aliphatic heterocycles. The Hall–Kier alpha value is -2.38. The van der Waals surface area contributed by atoms with Crippen LogP contribution in [0.3, 0.4) is 0 Å². The first kappa shape index (κ1) is 22.3. The third-order valence-corrected chi connectivity index (χ3v) is 6.57. The topological polar surface area (TPSA) is 114 Å². The SMILES string of the molecule is C=CCC1(O)CC2CC(/C(N)=C(\C(=O)Nc3ccc(F)c(Cl)c3)C(N)=NC)CC2C1. The fraction of sp³-hybridized carbons (Fsp3) is 0.455. The third-order valence-electron chi connectivity index (χ3n) is 6.28. The molecule has 2 atom stereocenters. The molecule has 2 saturated carbocycles. The van der Waals surface area contributed by atoms with Crippen molar-refractivity contribution in [2.45, 2.75) is 37.7 Å². The largest absolute Gasteiger partial charge is 0.401 e. The van der Waals surface area contributed by atoms with Crippen LogP contribution in [-0.4, -0.2) is 29.5 Å². The number of nitrogens with one attached hydrogen (secondary N) is 1. The Morgan fingerprint density at radius 3 is 2.57 bits per heavy atom. The molecule has 30 heavy (non-hydrogen) atoms. The molecule has 0 saturated heterocycles. The van der Waals surface area contributed by atoms with Gasteiger partial charge in [-0.2, -0.15) is 0 Å². The van der Waals surface area contributed by atoms with E-state index in [2.05, 4.69) is 16.9 Å². The maximum absolute atomic E-state index is 13.4. The first-order valence-electron chi connectivity index (χ1n) is 9.99. The number of benzene rings is 1. The number of aliphatic imine (C=N–C) groups is 1. The molecule has 162 valence electrons. The molecule has 0 bridgehead atoms. The Bertz CT molecular complexity index is 900. The Kier molecular flexibility index (Phi) is 6.53. The number of hydrogen-bond acceptors (Lipinski definition) is 4. The minimum Gasteiger partial charge on any atom is -0.401 e. The van der Waals surface area contributed by atoms with Gasteiger partial charge >= 0.3 is 0 Å². The van der Waals surface area contributed by atoms with Crippen LogP contribution in [0.2, 0.25) is 5.02 Å². The van der Waals surface area contributed by atoms with Gasteiger partial charge in [0.25, 0.3) is 5.91 Å². The molecule has 6 nitrogen and oxygen atoms in total. The number of hydrogen-bond donors (Lipinski definition) is 4. The molecule has 2 fully saturated rings. The predicted molar refractivity (Wildman–Crippen MR) is 118 cm³/mol. The van der Waals surface area contributed by atoms with Crippen LogP contribution in [0.4, 0.5) is 10.1 Å². The lowest BCUT2D eigenvalue weighted by atomic mass is 9.89. The number of allylic oxidation sites excluding steroid dienone is 1. The van der Waals surface area contributed by atoms with Crippen LogP contribution in [0.1, 0.15) is 32.1 Å². The van der Waals surface area contributed by atoms with E-state index in [1.165, 1.54) is 25.2 Å². The van der Waals surface area contributed by atoms with Gasteiger partial charge in [-0.3, -0.25) is 9.79 Å². The van der Waals surface area contributed by atoms with Gasteiger partial charge in [-0.05, 0) is 68.1 Å². The van der Waals surface area contributed by atoms with Crippen molar-refractivity contribution in [2.24, 2.45) is 34.2 Å². The van der Waals surface area contributed by atoms with Crippen molar-refractivity contribution in [3.05, 3.63) is 53.0 Å². The summed E-state index contributed by atoms with van der Waals surface area (Å²) in [4.78, 5) is 16.9. The fourth-order valence-corrected chi connectivity index (χ4v) is 5.12. The number of halogens is 2. The highest BCUT2D eigenvalue weighted by Gasteiger charge is 2.48. The lowest BCUT2D eigenvalue weighted by Crippen LogP contribution is -2.32. The van der Waals surface area contributed by atoms with Crippen LogP contribution in [0.15, 0.2) is 47.1 Å². The minimum absolute atomic E-state index is 0.0221. The van der Waals surface area contributed by atoms with Gasteiger partial charge in [0.2, 0.25) is 0 Å². The van der Waals surface area contributed by atoms with E-state index in [9.17, 15) is 14.3 Å². The number of carbonyl (C=O) groups excluding carboxylic acids is 1. The molecule has 1 aromatic carbocycles. The first-order valence-corrected chi connectivity index (χ1v) is 10.4. The summed E-state index contributed by atoms with van der Waals surface area (Å²) in [7, 11) is 1.49. The molecule has 0 spiro atoms. The highest BCUT2D eigenvalue weighted by molar-refractivity contribution is 6.31. The van der Waals surface area contributed by atoms with Crippen molar-refractivity contribution < 1.29 is 14.3 Å². The molecular weight excluding hydrogens is 407 g/mol. The average molecular weight is 435 g/mol. The molecule has 0 radical (unpaired) electrons. The van der Waals surface area contributed by atoms with E-state index < -0.39 is 17.3 Å². The number of fused-ring (bicyclic) bond motifs is 1. The van der Waals surface area contributed by atoms with Crippen LogP contribution < -0.4 is 16.8 Å². The smallest absolute Gasteiger partial charge is 0.261 e. The number of nitrogens with zero attached hydrogens (tertiary/aromatic N) is 1. The maximum atomic E-state index is 13.4. The highest BCUT2D eigenvalue weighted by Crippen LogP contribution is 2.53. The molecule has 1 amide bonds. The van der Waals surface area contributed by atoms with Gasteiger partial charge < -0.3 is 21.9 Å². The van der Waals surface area contributed by atoms with Gasteiger partial charge in [-0.1, -0.05) is 17.7 Å². The lowest BCUT2D eigenvalue weighted by Gasteiger charge is -2.24. The molecule has 8 heteroatoms. The van der Waals surface area contributed by atoms with Gasteiger partial charge in [-0.15, -0.1) is 6.58 Å². The van der Waals surface area contributed by atoms with Crippen LogP contribution >= 0.6 is 11.6 Å². The number of rotatable bonds is 6. The summed E-state index contributed by atoms with van der Waals surface area (Å²) in [5.74, 6) is -0.381. The van der Waals surface area contributed by atoms with Crippen molar-refractivity contribution in [3.8, 4) is 0 Å². The number of amidine groups is 1. The van der Waals surface area contributed by atoms with E-state index in [4.69, 9.17) is 23.1 Å². The monoisotopic (exact) mass is 434 g/mol. The second-order valence-corrected chi connectivity index (χ2v) is 8.74. The van der Waals surface area contributed by atoms with Gasteiger partial charge in [0.05, 0.1) is 10.6 Å². The molecular formula is C22H28ClFN4O2. The van der Waals surface area contributed by atoms with Crippen molar-refractivity contribution >= 4 is 29.0 Å². The number of amides is 1. The molecule has 2 aliphatic carbocycles. The zero-order valence-electron chi connectivity index (χ0n) is 17.0. The van der Waals surface area contributed by atoms with E-state index in [0.29, 0.717) is 42.5 Å².